The Labute approximate surface area is 201 Å². The van der Waals surface area contributed by atoms with E-state index in [9.17, 15) is 14.6 Å². The van der Waals surface area contributed by atoms with E-state index in [-0.39, 0.29) is 30.9 Å². The summed E-state index contributed by atoms with van der Waals surface area (Å²) in [6.07, 6.45) is 7.86. The molecule has 0 atom stereocenters. The molecule has 1 aliphatic heterocycles. The molecule has 1 aromatic carbocycles. The number of Topliss-reactive ketones (excluding diaryl/α,β-unsaturated/α-hetero) is 1. The number of nitrogens with zero attached hydrogens (tertiary/aromatic N) is 1. The average molecular weight is 464 g/mol. The quantitative estimate of drug-likeness (QED) is 0.382. The number of rotatable bonds is 6. The van der Waals surface area contributed by atoms with Crippen LogP contribution in [-0.4, -0.2) is 54.6 Å². The lowest BCUT2D eigenvalue weighted by Crippen LogP contribution is -2.50. The number of carbonyl (C=O) groups excluding carboxylic acids is 2. The van der Waals surface area contributed by atoms with Gasteiger partial charge in [0, 0.05) is 23.6 Å². The van der Waals surface area contributed by atoms with Crippen LogP contribution in [0.25, 0.3) is 0 Å². The molecule has 0 radical (unpaired) electrons. The number of benzene rings is 1. The van der Waals surface area contributed by atoms with E-state index in [0.717, 1.165) is 42.4 Å². The van der Waals surface area contributed by atoms with Crippen molar-refractivity contribution >= 4 is 18.8 Å². The van der Waals surface area contributed by atoms with Gasteiger partial charge in [-0.2, -0.15) is 0 Å². The van der Waals surface area contributed by atoms with Gasteiger partial charge in [-0.1, -0.05) is 36.1 Å². The number of fused-ring (bicyclic) bond motifs is 2. The van der Waals surface area contributed by atoms with Crippen LogP contribution in [0.4, 0.5) is 0 Å². The minimum atomic E-state index is -1.02. The Morgan fingerprint density at radius 3 is 2.50 bits per heavy atom. The van der Waals surface area contributed by atoms with Crippen LogP contribution in [0, 0.1) is 13.8 Å². The van der Waals surface area contributed by atoms with Crippen LogP contribution in [0.3, 0.4) is 0 Å². The van der Waals surface area contributed by atoms with Crippen LogP contribution in [0.15, 0.2) is 52.7 Å². The smallest absolute Gasteiger partial charge is 0.487 e. The zero-order valence-electron chi connectivity index (χ0n) is 20.2. The summed E-state index contributed by atoms with van der Waals surface area (Å²) in [7, 11) is -1.02. The molecule has 0 unspecified atom stereocenters. The molecule has 0 spiro atoms. The molecule has 2 aliphatic carbocycles. The Kier molecular flexibility index (Phi) is 7.71. The largest absolute Gasteiger partial charge is 0.495 e. The SMILES string of the molecule is CC1=C2CC(=CC=C1C(=O)NN(CC(=O)c1cc(C)cc(C)c1)C1CCCC1)B(O)OCCO2. The Bertz CT molecular complexity index is 1040. The third kappa shape index (κ3) is 5.69. The summed E-state index contributed by atoms with van der Waals surface area (Å²) in [5.74, 6) is 0.357. The monoisotopic (exact) mass is 464 g/mol. The highest BCUT2D eigenvalue weighted by Gasteiger charge is 2.30. The molecule has 0 aromatic heterocycles. The number of aryl methyl sites for hydroxylation is 2. The third-order valence-electron chi connectivity index (χ3n) is 6.72. The van der Waals surface area contributed by atoms with Gasteiger partial charge in [0.1, 0.15) is 12.4 Å². The van der Waals surface area contributed by atoms with Gasteiger partial charge in [-0.25, -0.2) is 5.01 Å². The van der Waals surface area contributed by atoms with Crippen molar-refractivity contribution in [3.05, 3.63) is 69.4 Å². The molecular formula is C26H33BN2O5. The van der Waals surface area contributed by atoms with Crippen molar-refractivity contribution in [3.63, 3.8) is 0 Å². The zero-order valence-corrected chi connectivity index (χ0v) is 20.2. The van der Waals surface area contributed by atoms with E-state index in [1.165, 1.54) is 0 Å². The lowest BCUT2D eigenvalue weighted by molar-refractivity contribution is -0.122. The standard InChI is InChI=1S/C26H33BN2O5/c1-17-12-18(2)14-20(13-17)24(30)16-29(22-6-4-5-7-22)28-26(31)23-9-8-21-15-25(19(23)3)33-10-11-34-27(21)32/h8-9,12-14,22,32H,4-7,10-11,15-16H2,1-3H3,(H,28,31). The topological polar surface area (TPSA) is 88.1 Å². The third-order valence-corrected chi connectivity index (χ3v) is 6.72. The highest BCUT2D eigenvalue weighted by atomic mass is 16.5. The number of carbonyl (C=O) groups is 2. The fourth-order valence-corrected chi connectivity index (χ4v) is 4.90. The molecule has 4 rings (SSSR count). The lowest BCUT2D eigenvalue weighted by Gasteiger charge is -2.29. The van der Waals surface area contributed by atoms with Crippen molar-refractivity contribution in [2.45, 2.75) is 58.9 Å². The van der Waals surface area contributed by atoms with Gasteiger partial charge in [-0.05, 0) is 62.9 Å². The fraction of sp³-hybridized carbons (Fsp3) is 0.462. The number of hydrogen-bond donors (Lipinski definition) is 2. The van der Waals surface area contributed by atoms with Gasteiger partial charge in [0.2, 0.25) is 0 Å². The molecule has 2 bridgehead atoms. The normalized spacial score (nSPS) is 19.1. The molecule has 1 saturated carbocycles. The Hall–Kier alpha value is -2.68. The minimum Gasteiger partial charge on any atom is -0.495 e. The molecule has 2 N–H and O–H groups in total. The van der Waals surface area contributed by atoms with E-state index in [1.54, 1.807) is 12.2 Å². The molecule has 1 amide bonds. The number of ketones is 1. The number of amides is 1. The van der Waals surface area contributed by atoms with Crippen molar-refractivity contribution in [2.75, 3.05) is 19.8 Å². The summed E-state index contributed by atoms with van der Waals surface area (Å²) < 4.78 is 11.2. The van der Waals surface area contributed by atoms with Gasteiger partial charge >= 0.3 is 7.12 Å². The first-order valence-electron chi connectivity index (χ1n) is 12.0. The lowest BCUT2D eigenvalue weighted by atomic mass is 9.76. The maximum absolute atomic E-state index is 13.5. The second kappa shape index (κ2) is 10.7. The van der Waals surface area contributed by atoms with Crippen LogP contribution >= 0.6 is 0 Å². The van der Waals surface area contributed by atoms with Crippen molar-refractivity contribution in [1.82, 2.24) is 10.4 Å². The van der Waals surface area contributed by atoms with Crippen LogP contribution in [-0.2, 0) is 14.2 Å². The van der Waals surface area contributed by atoms with E-state index in [0.29, 0.717) is 35.4 Å². The predicted molar refractivity (Wildman–Crippen MR) is 131 cm³/mol. The first-order chi connectivity index (χ1) is 16.3. The van der Waals surface area contributed by atoms with E-state index < -0.39 is 7.12 Å². The van der Waals surface area contributed by atoms with Crippen molar-refractivity contribution in [3.8, 4) is 0 Å². The number of hydrogen-bond acceptors (Lipinski definition) is 6. The van der Waals surface area contributed by atoms with Gasteiger partial charge in [0.25, 0.3) is 5.91 Å². The Morgan fingerprint density at radius 2 is 1.79 bits per heavy atom. The summed E-state index contributed by atoms with van der Waals surface area (Å²) in [4.78, 5) is 26.6. The van der Waals surface area contributed by atoms with Crippen LogP contribution < -0.4 is 5.43 Å². The molecule has 7 nitrogen and oxygen atoms in total. The van der Waals surface area contributed by atoms with Gasteiger partial charge < -0.3 is 14.4 Å². The van der Waals surface area contributed by atoms with Gasteiger partial charge in [0.15, 0.2) is 5.78 Å². The molecule has 3 aliphatic rings. The molecule has 180 valence electrons. The van der Waals surface area contributed by atoms with Gasteiger partial charge in [0.05, 0.1) is 13.2 Å². The van der Waals surface area contributed by atoms with Gasteiger partial charge in [-0.3, -0.25) is 15.0 Å². The summed E-state index contributed by atoms with van der Waals surface area (Å²) in [6.45, 7) is 6.51. The molecule has 1 aromatic rings. The number of hydrazine groups is 1. The summed E-state index contributed by atoms with van der Waals surface area (Å²) >= 11 is 0. The first-order valence-corrected chi connectivity index (χ1v) is 12.0. The minimum absolute atomic E-state index is 0.0153. The van der Waals surface area contributed by atoms with E-state index in [4.69, 9.17) is 9.39 Å². The zero-order chi connectivity index (χ0) is 24.2. The maximum atomic E-state index is 13.5. The number of ether oxygens (including phenoxy) is 1. The van der Waals surface area contributed by atoms with Crippen LogP contribution in [0.2, 0.25) is 0 Å². The molecule has 1 heterocycles. The molecule has 8 heteroatoms. The molecular weight excluding hydrogens is 431 g/mol. The summed E-state index contributed by atoms with van der Waals surface area (Å²) in [5.41, 5.74) is 7.62. The highest BCUT2D eigenvalue weighted by molar-refractivity contribution is 6.52. The summed E-state index contributed by atoms with van der Waals surface area (Å²) in [6, 6.07) is 5.96. The predicted octanol–water partition coefficient (Wildman–Crippen LogP) is 3.36. The second-order valence-electron chi connectivity index (χ2n) is 9.43. The van der Waals surface area contributed by atoms with Crippen molar-refractivity contribution in [2.24, 2.45) is 0 Å². The molecule has 34 heavy (non-hydrogen) atoms. The highest BCUT2D eigenvalue weighted by Crippen LogP contribution is 2.29. The van der Waals surface area contributed by atoms with E-state index >= 15 is 0 Å². The van der Waals surface area contributed by atoms with E-state index in [2.05, 4.69) is 5.43 Å². The van der Waals surface area contributed by atoms with Crippen LogP contribution in [0.1, 0.15) is 60.5 Å². The maximum Gasteiger partial charge on any atom is 0.487 e. The second-order valence-corrected chi connectivity index (χ2v) is 9.43. The fourth-order valence-electron chi connectivity index (χ4n) is 4.90. The number of nitrogens with one attached hydrogen (secondary N) is 1. The van der Waals surface area contributed by atoms with Crippen molar-refractivity contribution < 1.29 is 24.0 Å². The van der Waals surface area contributed by atoms with E-state index in [1.807, 2.05) is 44.0 Å². The van der Waals surface area contributed by atoms with Crippen LogP contribution in [0.5, 0.6) is 0 Å². The average Bonchev–Trinajstić information content (AvgIpc) is 3.25. The number of allylic oxidation sites excluding steroid dienone is 3. The van der Waals surface area contributed by atoms with Crippen molar-refractivity contribution in [1.29, 1.82) is 0 Å². The molecule has 2 fully saturated rings. The Morgan fingerprint density at radius 1 is 1.09 bits per heavy atom. The first kappa shape index (κ1) is 24.4. The van der Waals surface area contributed by atoms with Gasteiger partial charge in [-0.15, -0.1) is 0 Å². The Balaban J connectivity index is 1.57. The summed E-state index contributed by atoms with van der Waals surface area (Å²) in [5, 5.41) is 12.1. The molecule has 1 saturated heterocycles.